The van der Waals surface area contributed by atoms with Crippen LogP contribution in [0, 0.1) is 5.82 Å². The van der Waals surface area contributed by atoms with E-state index < -0.39 is 19.0 Å². The molecule has 0 fully saturated rings. The number of nitrogens with zero attached hydrogens (tertiary/aromatic N) is 1. The lowest BCUT2D eigenvalue weighted by Gasteiger charge is -2.23. The van der Waals surface area contributed by atoms with Gasteiger partial charge in [-0.25, -0.2) is 4.39 Å². The first kappa shape index (κ1) is 14.9. The molecule has 0 radical (unpaired) electrons. The van der Waals surface area contributed by atoms with E-state index in [0.717, 1.165) is 0 Å². The van der Waals surface area contributed by atoms with Crippen LogP contribution in [0.1, 0.15) is 18.3 Å². The van der Waals surface area contributed by atoms with Crippen LogP contribution < -0.4 is 5.30 Å². The molecule has 0 aliphatic rings. The van der Waals surface area contributed by atoms with Crippen LogP contribution in [0.3, 0.4) is 0 Å². The van der Waals surface area contributed by atoms with Crippen molar-refractivity contribution in [1.29, 1.82) is 0 Å². The Morgan fingerprint density at radius 3 is 2.60 bits per heavy atom. The van der Waals surface area contributed by atoms with Crippen LogP contribution in [0.15, 0.2) is 48.8 Å². The molecule has 1 unspecified atom stereocenters. The molecule has 2 atom stereocenters. The molecule has 2 aromatic rings. The Morgan fingerprint density at radius 2 is 2.05 bits per heavy atom. The molecule has 2 rings (SSSR count). The minimum Gasteiger partial charge on any atom is -0.378 e. The fraction of sp³-hybridized carbons (Fsp3) is 0.214. The number of aliphatic hydroxyl groups excluding tert-OH is 1. The van der Waals surface area contributed by atoms with Gasteiger partial charge in [-0.3, -0.25) is 9.55 Å². The first-order chi connectivity index (χ1) is 9.58. The summed E-state index contributed by atoms with van der Waals surface area (Å²) in [5.41, 5.74) is 0.397. The van der Waals surface area contributed by atoms with Crippen molar-refractivity contribution in [3.8, 4) is 0 Å². The van der Waals surface area contributed by atoms with Gasteiger partial charge in [0.15, 0.2) is 5.85 Å². The van der Waals surface area contributed by atoms with Crippen molar-refractivity contribution >= 4 is 12.7 Å². The van der Waals surface area contributed by atoms with Crippen molar-refractivity contribution in [2.45, 2.75) is 12.8 Å². The van der Waals surface area contributed by atoms with E-state index in [0.29, 0.717) is 5.56 Å². The number of hydrogen-bond acceptors (Lipinski definition) is 4. The van der Waals surface area contributed by atoms with Crippen LogP contribution in [0.4, 0.5) is 4.39 Å². The van der Waals surface area contributed by atoms with Gasteiger partial charge in [-0.1, -0.05) is 6.07 Å². The molecule has 4 nitrogen and oxygen atoms in total. The van der Waals surface area contributed by atoms with E-state index in [1.165, 1.54) is 30.5 Å². The maximum Gasteiger partial charge on any atom is 0.264 e. The second-order valence-corrected chi connectivity index (χ2v) is 6.61. The molecule has 1 aromatic heterocycles. The lowest BCUT2D eigenvalue weighted by molar-refractivity contribution is 0.218. The molecule has 1 aromatic carbocycles. The highest BCUT2D eigenvalue weighted by Crippen LogP contribution is 2.57. The predicted octanol–water partition coefficient (Wildman–Crippen LogP) is 2.85. The standard InChI is InChI=1S/C14H15FNO3P/c1-2-19-20(18,13-7-5-12(15)6-8-13)14(17)11-4-3-9-16-10-11/h3-10,14,17H,2H2,1H3/t14-,20?/m1/s1. The zero-order valence-corrected chi connectivity index (χ0v) is 11.8. The van der Waals surface area contributed by atoms with Crippen LogP contribution >= 0.6 is 7.37 Å². The Morgan fingerprint density at radius 1 is 1.35 bits per heavy atom. The van der Waals surface area contributed by atoms with Gasteiger partial charge in [-0.05, 0) is 37.3 Å². The third kappa shape index (κ3) is 2.96. The van der Waals surface area contributed by atoms with Crippen molar-refractivity contribution in [1.82, 2.24) is 4.98 Å². The van der Waals surface area contributed by atoms with E-state index in [1.54, 1.807) is 25.3 Å². The molecule has 0 amide bonds. The third-order valence-corrected chi connectivity index (χ3v) is 5.41. The summed E-state index contributed by atoms with van der Waals surface area (Å²) in [5, 5.41) is 10.6. The molecule has 6 heteroatoms. The van der Waals surface area contributed by atoms with Crippen LogP contribution in [-0.4, -0.2) is 16.7 Å². The van der Waals surface area contributed by atoms with Crippen LogP contribution in [0.2, 0.25) is 0 Å². The van der Waals surface area contributed by atoms with Gasteiger partial charge >= 0.3 is 0 Å². The smallest absolute Gasteiger partial charge is 0.264 e. The first-order valence-electron chi connectivity index (χ1n) is 6.16. The molecule has 106 valence electrons. The van der Waals surface area contributed by atoms with E-state index in [2.05, 4.69) is 4.98 Å². The normalized spacial score (nSPS) is 15.6. The Labute approximate surface area is 116 Å². The van der Waals surface area contributed by atoms with Gasteiger partial charge in [0.05, 0.1) is 6.61 Å². The maximum atomic E-state index is 13.0. The van der Waals surface area contributed by atoms with Gasteiger partial charge in [-0.15, -0.1) is 0 Å². The summed E-state index contributed by atoms with van der Waals surface area (Å²) in [6.45, 7) is 1.86. The summed E-state index contributed by atoms with van der Waals surface area (Å²) < 4.78 is 31.3. The summed E-state index contributed by atoms with van der Waals surface area (Å²) in [5.74, 6) is -1.77. The lowest BCUT2D eigenvalue weighted by atomic mass is 10.3. The minimum atomic E-state index is -3.56. The quantitative estimate of drug-likeness (QED) is 0.862. The summed E-state index contributed by atoms with van der Waals surface area (Å²) in [6.07, 6.45) is 2.99. The monoisotopic (exact) mass is 295 g/mol. The summed E-state index contributed by atoms with van der Waals surface area (Å²) >= 11 is 0. The van der Waals surface area contributed by atoms with Crippen molar-refractivity contribution in [3.05, 3.63) is 60.2 Å². The number of benzene rings is 1. The van der Waals surface area contributed by atoms with Gasteiger partial charge < -0.3 is 9.63 Å². The molecule has 0 spiro atoms. The molecule has 1 N–H and O–H groups in total. The average molecular weight is 295 g/mol. The largest absolute Gasteiger partial charge is 0.378 e. The molecule has 1 heterocycles. The topological polar surface area (TPSA) is 59.4 Å². The highest BCUT2D eigenvalue weighted by Gasteiger charge is 2.36. The molecule has 0 bridgehead atoms. The Kier molecular flexibility index (Phi) is 4.65. The molecule has 0 aliphatic heterocycles. The number of halogens is 1. The summed E-state index contributed by atoms with van der Waals surface area (Å²) in [6, 6.07) is 8.37. The number of pyridine rings is 1. The summed E-state index contributed by atoms with van der Waals surface area (Å²) in [4.78, 5) is 3.89. The Balaban J connectivity index is 2.44. The van der Waals surface area contributed by atoms with Crippen LogP contribution in [-0.2, 0) is 9.09 Å². The molecule has 0 aliphatic carbocycles. The van der Waals surface area contributed by atoms with Gasteiger partial charge in [-0.2, -0.15) is 0 Å². The van der Waals surface area contributed by atoms with Crippen molar-refractivity contribution < 1.29 is 18.6 Å². The maximum absolute atomic E-state index is 13.0. The molecule has 20 heavy (non-hydrogen) atoms. The zero-order chi connectivity index (χ0) is 14.6. The second-order valence-electron chi connectivity index (χ2n) is 4.15. The summed E-state index contributed by atoms with van der Waals surface area (Å²) in [7, 11) is -3.56. The predicted molar refractivity (Wildman–Crippen MR) is 74.5 cm³/mol. The van der Waals surface area contributed by atoms with E-state index in [4.69, 9.17) is 4.52 Å². The average Bonchev–Trinajstić information content (AvgIpc) is 2.48. The SMILES string of the molecule is CCOP(=O)(c1ccc(F)cc1)[C@@H](O)c1cccnc1. The number of aliphatic hydroxyl groups is 1. The van der Waals surface area contributed by atoms with Gasteiger partial charge in [0.1, 0.15) is 5.82 Å². The fourth-order valence-electron chi connectivity index (χ4n) is 1.85. The van der Waals surface area contributed by atoms with Gasteiger partial charge in [0, 0.05) is 23.3 Å². The number of aromatic nitrogens is 1. The van der Waals surface area contributed by atoms with Crippen molar-refractivity contribution in [3.63, 3.8) is 0 Å². The lowest BCUT2D eigenvalue weighted by Crippen LogP contribution is -2.14. The molecular weight excluding hydrogens is 280 g/mol. The third-order valence-electron chi connectivity index (χ3n) is 2.81. The fourth-order valence-corrected chi connectivity index (χ4v) is 3.92. The first-order valence-corrected chi connectivity index (χ1v) is 7.85. The molecular formula is C14H15FNO3P. The number of rotatable bonds is 5. The van der Waals surface area contributed by atoms with E-state index in [9.17, 15) is 14.1 Å². The minimum absolute atomic E-state index is 0.173. The Hall–Kier alpha value is -1.55. The number of hydrogen-bond donors (Lipinski definition) is 1. The van der Waals surface area contributed by atoms with E-state index in [-0.39, 0.29) is 11.9 Å². The van der Waals surface area contributed by atoms with E-state index in [1.807, 2.05) is 0 Å². The van der Waals surface area contributed by atoms with Crippen LogP contribution in [0.25, 0.3) is 0 Å². The van der Waals surface area contributed by atoms with E-state index >= 15 is 0 Å². The highest BCUT2D eigenvalue weighted by molar-refractivity contribution is 7.67. The van der Waals surface area contributed by atoms with Crippen molar-refractivity contribution in [2.24, 2.45) is 0 Å². The van der Waals surface area contributed by atoms with Crippen LogP contribution in [0.5, 0.6) is 0 Å². The van der Waals surface area contributed by atoms with Gasteiger partial charge in [0.2, 0.25) is 0 Å². The van der Waals surface area contributed by atoms with Gasteiger partial charge in [0.25, 0.3) is 7.37 Å². The second kappa shape index (κ2) is 6.27. The Bertz CT molecular complexity index is 604. The highest BCUT2D eigenvalue weighted by atomic mass is 31.2. The molecule has 0 saturated carbocycles. The molecule has 0 saturated heterocycles. The van der Waals surface area contributed by atoms with Crippen molar-refractivity contribution in [2.75, 3.05) is 6.61 Å². The zero-order valence-electron chi connectivity index (χ0n) is 10.9.